The van der Waals surface area contributed by atoms with Gasteiger partial charge in [-0.25, -0.2) is 0 Å². The molecule has 1 saturated heterocycles. The summed E-state index contributed by atoms with van der Waals surface area (Å²) in [4.78, 5) is 14.9. The van der Waals surface area contributed by atoms with Crippen LogP contribution in [-0.2, 0) is 10.2 Å². The van der Waals surface area contributed by atoms with Gasteiger partial charge < -0.3 is 15.0 Å². The average Bonchev–Trinajstić information content (AvgIpc) is 2.62. The Bertz CT molecular complexity index is 776. The van der Waals surface area contributed by atoms with Crippen LogP contribution in [0.1, 0.15) is 36.7 Å². The monoisotopic (exact) mass is 372 g/mol. The molecule has 0 spiro atoms. The second-order valence-corrected chi connectivity index (χ2v) is 7.92. The first-order valence-corrected chi connectivity index (χ1v) is 9.27. The molecule has 5 heteroatoms. The average molecular weight is 373 g/mol. The lowest BCUT2D eigenvalue weighted by molar-refractivity contribution is 0.102. The highest BCUT2D eigenvalue weighted by atomic mass is 35.5. The van der Waals surface area contributed by atoms with Crippen LogP contribution in [0.25, 0.3) is 0 Å². The fourth-order valence-electron chi connectivity index (χ4n) is 3.04. The summed E-state index contributed by atoms with van der Waals surface area (Å²) in [5.41, 5.74) is 3.48. The fraction of sp³-hybridized carbons (Fsp3) is 0.381. The summed E-state index contributed by atoms with van der Waals surface area (Å²) in [5, 5.41) is 3.65. The van der Waals surface area contributed by atoms with Crippen LogP contribution in [0.5, 0.6) is 0 Å². The Morgan fingerprint density at radius 3 is 2.35 bits per heavy atom. The van der Waals surface area contributed by atoms with E-state index in [4.69, 9.17) is 16.3 Å². The summed E-state index contributed by atoms with van der Waals surface area (Å²) in [6.45, 7) is 9.30. The van der Waals surface area contributed by atoms with Crippen LogP contribution in [0.3, 0.4) is 0 Å². The van der Waals surface area contributed by atoms with Crippen molar-refractivity contribution in [1.29, 1.82) is 0 Å². The van der Waals surface area contributed by atoms with Crippen LogP contribution < -0.4 is 10.2 Å². The molecule has 1 aliphatic rings. The minimum atomic E-state index is -0.137. The molecule has 4 nitrogen and oxygen atoms in total. The lowest BCUT2D eigenvalue weighted by atomic mass is 9.87. The molecule has 1 fully saturated rings. The topological polar surface area (TPSA) is 41.6 Å². The molecule has 0 aromatic heterocycles. The molecule has 3 rings (SSSR count). The summed E-state index contributed by atoms with van der Waals surface area (Å²) in [5.74, 6) is -0.137. The van der Waals surface area contributed by atoms with Crippen molar-refractivity contribution >= 4 is 28.9 Å². The molecule has 26 heavy (non-hydrogen) atoms. The molecule has 0 radical (unpaired) electrons. The van der Waals surface area contributed by atoms with Crippen molar-refractivity contribution in [1.82, 2.24) is 0 Å². The van der Waals surface area contributed by atoms with Gasteiger partial charge in [0.25, 0.3) is 5.91 Å². The van der Waals surface area contributed by atoms with Crippen LogP contribution >= 0.6 is 11.6 Å². The largest absolute Gasteiger partial charge is 0.378 e. The predicted molar refractivity (Wildman–Crippen MR) is 108 cm³/mol. The van der Waals surface area contributed by atoms with Gasteiger partial charge in [0.05, 0.1) is 29.6 Å². The molecule has 0 saturated carbocycles. The standard InChI is InChI=1S/C21H25ClN2O2/c1-21(2,3)16-9-7-15(8-10-16)20(25)23-18-6-4-5-17(22)19(18)24-11-13-26-14-12-24/h4-10H,11-14H2,1-3H3,(H,23,25). The van der Waals surface area contributed by atoms with Gasteiger partial charge in [0.15, 0.2) is 0 Å². The number of rotatable bonds is 3. The van der Waals surface area contributed by atoms with E-state index in [1.54, 1.807) is 0 Å². The van der Waals surface area contributed by atoms with Gasteiger partial charge in [-0.1, -0.05) is 50.6 Å². The van der Waals surface area contributed by atoms with Crippen molar-refractivity contribution in [2.24, 2.45) is 0 Å². The molecule has 1 N–H and O–H groups in total. The Kier molecular flexibility index (Phi) is 5.54. The van der Waals surface area contributed by atoms with Crippen molar-refractivity contribution in [3.8, 4) is 0 Å². The van der Waals surface area contributed by atoms with E-state index in [1.165, 1.54) is 5.56 Å². The van der Waals surface area contributed by atoms with Crippen molar-refractivity contribution in [2.75, 3.05) is 36.5 Å². The van der Waals surface area contributed by atoms with Crippen molar-refractivity contribution in [3.63, 3.8) is 0 Å². The first kappa shape index (κ1) is 18.7. The lowest BCUT2D eigenvalue weighted by Crippen LogP contribution is -2.37. The summed E-state index contributed by atoms with van der Waals surface area (Å²) in [7, 11) is 0. The number of morpholine rings is 1. The van der Waals surface area contributed by atoms with Gasteiger partial charge in [0.1, 0.15) is 0 Å². The molecular formula is C21H25ClN2O2. The van der Waals surface area contributed by atoms with Gasteiger partial charge >= 0.3 is 0 Å². The van der Waals surface area contributed by atoms with Crippen LogP contribution in [-0.4, -0.2) is 32.2 Å². The van der Waals surface area contributed by atoms with E-state index in [-0.39, 0.29) is 11.3 Å². The number of para-hydroxylation sites is 1. The number of hydrogen-bond donors (Lipinski definition) is 1. The summed E-state index contributed by atoms with van der Waals surface area (Å²) in [6, 6.07) is 13.3. The normalized spacial score (nSPS) is 15.0. The fourth-order valence-corrected chi connectivity index (χ4v) is 3.33. The molecule has 0 bridgehead atoms. The Balaban J connectivity index is 1.82. The SMILES string of the molecule is CC(C)(C)c1ccc(C(=O)Nc2cccc(Cl)c2N2CCOCC2)cc1. The van der Waals surface area contributed by atoms with E-state index < -0.39 is 0 Å². The van der Waals surface area contributed by atoms with E-state index in [0.29, 0.717) is 23.8 Å². The quantitative estimate of drug-likeness (QED) is 0.847. The Morgan fingerprint density at radius 1 is 1.08 bits per heavy atom. The number of carbonyl (C=O) groups is 1. The van der Waals surface area contributed by atoms with Crippen molar-refractivity contribution in [2.45, 2.75) is 26.2 Å². The zero-order valence-corrected chi connectivity index (χ0v) is 16.3. The van der Waals surface area contributed by atoms with Crippen LogP contribution in [0.4, 0.5) is 11.4 Å². The summed E-state index contributed by atoms with van der Waals surface area (Å²) >= 11 is 6.43. The van der Waals surface area contributed by atoms with Gasteiger partial charge in [-0.15, -0.1) is 0 Å². The van der Waals surface area contributed by atoms with E-state index in [1.807, 2.05) is 42.5 Å². The van der Waals surface area contributed by atoms with Crippen molar-refractivity contribution < 1.29 is 9.53 Å². The number of benzene rings is 2. The van der Waals surface area contributed by atoms with Gasteiger partial charge in [0.2, 0.25) is 0 Å². The molecule has 1 heterocycles. The third-order valence-corrected chi connectivity index (χ3v) is 4.88. The molecule has 0 unspecified atom stereocenters. The van der Waals surface area contributed by atoms with Crippen LogP contribution in [0, 0.1) is 0 Å². The highest BCUT2D eigenvalue weighted by molar-refractivity contribution is 6.34. The van der Waals surface area contributed by atoms with E-state index in [9.17, 15) is 4.79 Å². The van der Waals surface area contributed by atoms with Gasteiger partial charge in [-0.2, -0.15) is 0 Å². The molecule has 1 amide bonds. The van der Waals surface area contributed by atoms with E-state index >= 15 is 0 Å². The molecule has 2 aromatic carbocycles. The van der Waals surface area contributed by atoms with E-state index in [2.05, 4.69) is 31.0 Å². The predicted octanol–water partition coefficient (Wildman–Crippen LogP) is 4.73. The minimum absolute atomic E-state index is 0.0610. The molecule has 1 aliphatic heterocycles. The maximum Gasteiger partial charge on any atom is 0.255 e. The van der Waals surface area contributed by atoms with Crippen LogP contribution in [0.2, 0.25) is 5.02 Å². The second kappa shape index (κ2) is 7.68. The number of nitrogens with zero attached hydrogens (tertiary/aromatic N) is 1. The smallest absolute Gasteiger partial charge is 0.255 e. The number of nitrogens with one attached hydrogen (secondary N) is 1. The first-order valence-electron chi connectivity index (χ1n) is 8.89. The van der Waals surface area contributed by atoms with Crippen molar-refractivity contribution in [3.05, 3.63) is 58.6 Å². The lowest BCUT2D eigenvalue weighted by Gasteiger charge is -2.31. The number of carbonyl (C=O) groups excluding carboxylic acids is 1. The maximum atomic E-state index is 12.7. The Hall–Kier alpha value is -2.04. The number of amides is 1. The molecule has 0 aliphatic carbocycles. The molecular weight excluding hydrogens is 348 g/mol. The van der Waals surface area contributed by atoms with Gasteiger partial charge in [-0.05, 0) is 35.2 Å². The Labute approximate surface area is 160 Å². The first-order chi connectivity index (χ1) is 12.4. The molecule has 138 valence electrons. The third-order valence-electron chi connectivity index (χ3n) is 4.58. The Morgan fingerprint density at radius 2 is 1.73 bits per heavy atom. The highest BCUT2D eigenvalue weighted by Crippen LogP contribution is 2.34. The highest BCUT2D eigenvalue weighted by Gasteiger charge is 2.20. The molecule has 0 atom stereocenters. The number of halogens is 1. The van der Waals surface area contributed by atoms with Gasteiger partial charge in [-0.3, -0.25) is 4.79 Å². The summed E-state index contributed by atoms with van der Waals surface area (Å²) < 4.78 is 5.42. The number of hydrogen-bond acceptors (Lipinski definition) is 3. The maximum absolute atomic E-state index is 12.7. The van der Waals surface area contributed by atoms with Crippen LogP contribution in [0.15, 0.2) is 42.5 Å². The minimum Gasteiger partial charge on any atom is -0.378 e. The third kappa shape index (κ3) is 4.19. The second-order valence-electron chi connectivity index (χ2n) is 7.52. The number of anilines is 2. The number of ether oxygens (including phenoxy) is 1. The molecule has 2 aromatic rings. The summed E-state index contributed by atoms with van der Waals surface area (Å²) in [6.07, 6.45) is 0. The van der Waals surface area contributed by atoms with Gasteiger partial charge in [0, 0.05) is 18.7 Å². The zero-order valence-electron chi connectivity index (χ0n) is 15.5. The van der Waals surface area contributed by atoms with E-state index in [0.717, 1.165) is 24.5 Å². The zero-order chi connectivity index (χ0) is 18.7.